The predicted octanol–water partition coefficient (Wildman–Crippen LogP) is 8.96. The van der Waals surface area contributed by atoms with Crippen LogP contribution in [0.4, 0.5) is 0 Å². The van der Waals surface area contributed by atoms with E-state index in [-0.39, 0.29) is 10.9 Å². The first-order valence-corrected chi connectivity index (χ1v) is 18.9. The minimum Gasteiger partial charge on any atom is -0.307 e. The Morgan fingerprint density at radius 3 is 1.60 bits per heavy atom. The topological polar surface area (TPSA) is 70.7 Å². The van der Waals surface area contributed by atoms with Gasteiger partial charge in [-0.05, 0) is 101 Å². The lowest BCUT2D eigenvalue weighted by molar-refractivity contribution is -0.0608. The zero-order valence-electron chi connectivity index (χ0n) is 29.4. The molecule has 0 aliphatic carbocycles. The highest BCUT2D eigenvalue weighted by molar-refractivity contribution is 7.86. The fourth-order valence-electron chi connectivity index (χ4n) is 6.15. The molecule has 2 N–H and O–H groups in total. The average Bonchev–Trinajstić information content (AvgIpc) is 3.75. The van der Waals surface area contributed by atoms with Crippen molar-refractivity contribution in [3.8, 4) is 0 Å². The van der Waals surface area contributed by atoms with Crippen molar-refractivity contribution in [2.75, 3.05) is 7.05 Å². The van der Waals surface area contributed by atoms with Crippen molar-refractivity contribution < 1.29 is 12.7 Å². The molecule has 6 nitrogen and oxygen atoms in total. The Morgan fingerprint density at radius 1 is 0.708 bits per heavy atom. The van der Waals surface area contributed by atoms with Crippen LogP contribution < -0.4 is 10.6 Å². The van der Waals surface area contributed by atoms with Crippen LogP contribution in [0, 0.1) is 6.92 Å². The fourth-order valence-corrected chi connectivity index (χ4v) is 7.17. The van der Waals surface area contributed by atoms with Gasteiger partial charge in [0.2, 0.25) is 0 Å². The molecule has 2 aliphatic rings. The van der Waals surface area contributed by atoms with E-state index in [0.717, 1.165) is 24.8 Å². The Balaban J connectivity index is 0.000000180. The van der Waals surface area contributed by atoms with Gasteiger partial charge in [-0.25, -0.2) is 0 Å². The van der Waals surface area contributed by atoms with Crippen LogP contribution in [-0.2, 0) is 20.8 Å². The van der Waals surface area contributed by atoms with Gasteiger partial charge in [0.1, 0.15) is 0 Å². The third-order valence-corrected chi connectivity index (χ3v) is 10.5. The molecule has 48 heavy (non-hydrogen) atoms. The molecule has 0 radical (unpaired) electrons. The predicted molar refractivity (Wildman–Crippen MR) is 198 cm³/mol. The van der Waals surface area contributed by atoms with E-state index in [2.05, 4.69) is 97.3 Å². The lowest BCUT2D eigenvalue weighted by Crippen LogP contribution is -2.32. The summed E-state index contributed by atoms with van der Waals surface area (Å²) in [6, 6.07) is 40.9. The Morgan fingerprint density at radius 2 is 1.17 bits per heavy atom. The van der Waals surface area contributed by atoms with Gasteiger partial charge >= 0.3 is 10.1 Å². The number of hydrogen-bond donors (Lipinski definition) is 2. The summed E-state index contributed by atoms with van der Waals surface area (Å²) in [6.07, 6.45) is 7.98. The Kier molecular flexibility index (Phi) is 14.8. The normalized spacial score (nSPS) is 21.1. The highest BCUT2D eigenvalue weighted by Crippen LogP contribution is 2.26. The summed E-state index contributed by atoms with van der Waals surface area (Å²) in [7, 11) is -2.11. The molecule has 4 aromatic rings. The first-order chi connectivity index (χ1) is 23.1. The summed E-state index contributed by atoms with van der Waals surface area (Å²) in [5, 5.41) is 8.57. The molecule has 2 saturated heterocycles. The highest BCUT2D eigenvalue weighted by Gasteiger charge is 2.23. The Labute approximate surface area is 290 Å². The summed E-state index contributed by atoms with van der Waals surface area (Å²) in [4.78, 5) is 0.177. The number of nitrogens with zero attached hydrogens (tertiary/aromatic N) is 1. The van der Waals surface area contributed by atoms with Crippen LogP contribution >= 0.6 is 0 Å². The van der Waals surface area contributed by atoms with E-state index in [1.807, 2.05) is 32.0 Å². The molecular formula is C41H55N3O3S. The Hall–Kier alpha value is -3.33. The molecule has 0 spiro atoms. The number of hydrogen-bond acceptors (Lipinski definition) is 6. The van der Waals surface area contributed by atoms with Crippen LogP contribution in [0.3, 0.4) is 0 Å². The third-order valence-electron chi connectivity index (χ3n) is 9.23. The van der Waals surface area contributed by atoms with Gasteiger partial charge in [-0.2, -0.15) is 17.8 Å². The van der Waals surface area contributed by atoms with E-state index in [0.29, 0.717) is 24.2 Å². The van der Waals surface area contributed by atoms with E-state index >= 15 is 0 Å². The SMILES string of the molecule is C[C@@H]1CC[C@@H](c2ccccc2)N1.C[C@@H]1CC[C@H](c2ccccc2)N1.Cc1ccc(S(=O)(=O)ON(C)C(C)CCCc2ccccc2)cc1. The van der Waals surface area contributed by atoms with Gasteiger partial charge in [-0.3, -0.25) is 0 Å². The molecular weight excluding hydrogens is 615 g/mol. The van der Waals surface area contributed by atoms with E-state index in [4.69, 9.17) is 4.28 Å². The van der Waals surface area contributed by atoms with E-state index in [1.165, 1.54) is 47.4 Å². The van der Waals surface area contributed by atoms with E-state index < -0.39 is 10.1 Å². The van der Waals surface area contributed by atoms with Crippen molar-refractivity contribution in [3.05, 3.63) is 138 Å². The molecule has 2 heterocycles. The lowest BCUT2D eigenvalue weighted by atomic mass is 10.1. The smallest absolute Gasteiger partial charge is 0.307 e. The largest absolute Gasteiger partial charge is 0.313 e. The summed E-state index contributed by atoms with van der Waals surface area (Å²) < 4.78 is 29.8. The van der Waals surface area contributed by atoms with Crippen molar-refractivity contribution in [3.63, 3.8) is 0 Å². The third kappa shape index (κ3) is 12.3. The number of aryl methyl sites for hydroxylation is 2. The molecule has 4 aromatic carbocycles. The lowest BCUT2D eigenvalue weighted by Gasteiger charge is -2.23. The second kappa shape index (κ2) is 19.0. The summed E-state index contributed by atoms with van der Waals surface area (Å²) >= 11 is 0. The van der Waals surface area contributed by atoms with Crippen LogP contribution in [0.2, 0.25) is 0 Å². The molecule has 2 aliphatic heterocycles. The van der Waals surface area contributed by atoms with E-state index in [1.54, 1.807) is 31.3 Å². The van der Waals surface area contributed by atoms with Crippen LogP contribution in [0.1, 0.15) is 93.6 Å². The van der Waals surface area contributed by atoms with Crippen molar-refractivity contribution in [2.45, 2.75) is 108 Å². The average molecular weight is 670 g/mol. The minimum atomic E-state index is -3.77. The maximum atomic E-state index is 12.3. The van der Waals surface area contributed by atoms with Crippen molar-refractivity contribution in [2.24, 2.45) is 0 Å². The first kappa shape index (κ1) is 37.5. The van der Waals surface area contributed by atoms with Crippen molar-refractivity contribution >= 4 is 10.1 Å². The van der Waals surface area contributed by atoms with Gasteiger partial charge < -0.3 is 10.6 Å². The molecule has 5 atom stereocenters. The quantitative estimate of drug-likeness (QED) is 0.164. The molecule has 258 valence electrons. The van der Waals surface area contributed by atoms with Crippen LogP contribution in [-0.4, -0.2) is 38.7 Å². The van der Waals surface area contributed by atoms with Crippen LogP contribution in [0.15, 0.2) is 120 Å². The second-order valence-corrected chi connectivity index (χ2v) is 14.9. The first-order valence-electron chi connectivity index (χ1n) is 17.5. The van der Waals surface area contributed by atoms with Gasteiger partial charge in [0, 0.05) is 37.3 Å². The number of benzene rings is 4. The molecule has 0 amide bonds. The molecule has 1 unspecified atom stereocenters. The zero-order chi connectivity index (χ0) is 34.4. The van der Waals surface area contributed by atoms with Gasteiger partial charge in [-0.1, -0.05) is 109 Å². The minimum absolute atomic E-state index is 0.00827. The highest BCUT2D eigenvalue weighted by atomic mass is 32.2. The summed E-state index contributed by atoms with van der Waals surface area (Å²) in [5.41, 5.74) is 5.17. The van der Waals surface area contributed by atoms with Crippen molar-refractivity contribution in [1.82, 2.24) is 15.7 Å². The molecule has 0 saturated carbocycles. The van der Waals surface area contributed by atoms with Gasteiger partial charge in [0.15, 0.2) is 0 Å². The maximum Gasteiger partial charge on any atom is 0.313 e. The molecule has 7 heteroatoms. The number of hydroxylamine groups is 2. The van der Waals surface area contributed by atoms with Crippen molar-refractivity contribution in [1.29, 1.82) is 0 Å². The van der Waals surface area contributed by atoms with Gasteiger partial charge in [0.25, 0.3) is 0 Å². The zero-order valence-corrected chi connectivity index (χ0v) is 30.2. The Bertz CT molecular complexity index is 1510. The monoisotopic (exact) mass is 669 g/mol. The molecule has 0 bridgehead atoms. The maximum absolute atomic E-state index is 12.3. The number of rotatable bonds is 10. The summed E-state index contributed by atoms with van der Waals surface area (Å²) in [5.74, 6) is 0. The van der Waals surface area contributed by atoms with Crippen LogP contribution in [0.5, 0.6) is 0 Å². The fraction of sp³-hybridized carbons (Fsp3) is 0.415. The van der Waals surface area contributed by atoms with E-state index in [9.17, 15) is 8.42 Å². The molecule has 0 aromatic heterocycles. The summed E-state index contributed by atoms with van der Waals surface area (Å²) in [6.45, 7) is 8.39. The van der Waals surface area contributed by atoms with Gasteiger partial charge in [-0.15, -0.1) is 0 Å². The molecule has 2 fully saturated rings. The molecule has 6 rings (SSSR count). The standard InChI is InChI=1S/C19H25NO3S.2C11H15N/c1-16-12-14-19(15-13-16)24(21,22)23-20(3)17(2)8-7-11-18-9-5-4-6-10-18;2*1-9-7-8-11(12-9)10-5-3-2-4-6-10/h4-6,9-10,12-15,17H,7-8,11H2,1-3H3;2*2-6,9,11-12H,7-8H2,1H3/t;9-,11+;9-,11-/m.11/s1. The number of nitrogens with one attached hydrogen (secondary N) is 2. The van der Waals surface area contributed by atoms with Crippen LogP contribution in [0.25, 0.3) is 0 Å². The van der Waals surface area contributed by atoms with Gasteiger partial charge in [0.05, 0.1) is 4.90 Å². The second-order valence-electron chi connectivity index (χ2n) is 13.3.